The Bertz CT molecular complexity index is 595. The second kappa shape index (κ2) is 6.08. The van der Waals surface area contributed by atoms with E-state index in [2.05, 4.69) is 10.4 Å². The third-order valence-electron chi connectivity index (χ3n) is 2.73. The third-order valence-corrected chi connectivity index (χ3v) is 3.55. The Morgan fingerprint density at radius 1 is 1.37 bits per heavy atom. The Kier molecular flexibility index (Phi) is 4.45. The standard InChI is InChI=1S/C13H13Cl2N3O/c1-2-18-9(6-7-17-18)8-16-13(19)10-4-3-5-11(14)12(10)15/h3-7H,2,8H2,1H3,(H,16,19). The summed E-state index contributed by atoms with van der Waals surface area (Å²) < 4.78 is 1.82. The smallest absolute Gasteiger partial charge is 0.253 e. The fraction of sp³-hybridized carbons (Fsp3) is 0.231. The summed E-state index contributed by atoms with van der Waals surface area (Å²) in [5.74, 6) is -0.253. The topological polar surface area (TPSA) is 46.9 Å². The molecule has 1 N–H and O–H groups in total. The second-order valence-corrected chi connectivity index (χ2v) is 4.71. The Morgan fingerprint density at radius 3 is 2.89 bits per heavy atom. The van der Waals surface area contributed by atoms with Crippen molar-refractivity contribution < 1.29 is 4.79 Å². The first-order valence-corrected chi connectivity index (χ1v) is 6.62. The van der Waals surface area contributed by atoms with Crippen molar-refractivity contribution in [3.05, 3.63) is 51.8 Å². The molecule has 1 aromatic heterocycles. The SMILES string of the molecule is CCn1nccc1CNC(=O)c1cccc(Cl)c1Cl. The van der Waals surface area contributed by atoms with Crippen molar-refractivity contribution in [2.24, 2.45) is 0 Å². The average molecular weight is 298 g/mol. The summed E-state index contributed by atoms with van der Waals surface area (Å²) in [6, 6.07) is 6.84. The van der Waals surface area contributed by atoms with Gasteiger partial charge in [0.1, 0.15) is 0 Å². The molecule has 2 rings (SSSR count). The van der Waals surface area contributed by atoms with Crippen LogP contribution in [0.15, 0.2) is 30.5 Å². The van der Waals surface area contributed by atoms with Gasteiger partial charge in [0.2, 0.25) is 0 Å². The number of aromatic nitrogens is 2. The van der Waals surface area contributed by atoms with E-state index in [0.29, 0.717) is 17.1 Å². The number of nitrogens with one attached hydrogen (secondary N) is 1. The van der Waals surface area contributed by atoms with Crippen molar-refractivity contribution in [3.63, 3.8) is 0 Å². The molecule has 0 radical (unpaired) electrons. The summed E-state index contributed by atoms with van der Waals surface area (Å²) >= 11 is 11.9. The molecule has 0 atom stereocenters. The fourth-order valence-electron chi connectivity index (χ4n) is 1.74. The van der Waals surface area contributed by atoms with Gasteiger partial charge in [0.25, 0.3) is 5.91 Å². The highest BCUT2D eigenvalue weighted by molar-refractivity contribution is 6.43. The van der Waals surface area contributed by atoms with Gasteiger partial charge in [0, 0.05) is 12.7 Å². The van der Waals surface area contributed by atoms with Crippen LogP contribution in [-0.2, 0) is 13.1 Å². The predicted octanol–water partition coefficient (Wildman–Crippen LogP) is 3.14. The summed E-state index contributed by atoms with van der Waals surface area (Å²) in [4.78, 5) is 12.0. The van der Waals surface area contributed by atoms with Crippen LogP contribution in [0.4, 0.5) is 0 Å². The van der Waals surface area contributed by atoms with E-state index in [4.69, 9.17) is 23.2 Å². The van der Waals surface area contributed by atoms with Crippen LogP contribution in [0.3, 0.4) is 0 Å². The summed E-state index contributed by atoms with van der Waals surface area (Å²) in [6.45, 7) is 3.15. The van der Waals surface area contributed by atoms with E-state index in [1.807, 2.05) is 17.7 Å². The van der Waals surface area contributed by atoms with Crippen LogP contribution in [0, 0.1) is 0 Å². The van der Waals surface area contributed by atoms with E-state index in [0.717, 1.165) is 12.2 Å². The Hall–Kier alpha value is -1.52. The van der Waals surface area contributed by atoms with Gasteiger partial charge in [-0.05, 0) is 25.1 Å². The molecular weight excluding hydrogens is 285 g/mol. The van der Waals surface area contributed by atoms with Gasteiger partial charge in [-0.3, -0.25) is 9.48 Å². The lowest BCUT2D eigenvalue weighted by Crippen LogP contribution is -2.24. The van der Waals surface area contributed by atoms with E-state index in [-0.39, 0.29) is 10.9 Å². The highest BCUT2D eigenvalue weighted by atomic mass is 35.5. The van der Waals surface area contributed by atoms with Crippen molar-refractivity contribution in [3.8, 4) is 0 Å². The lowest BCUT2D eigenvalue weighted by molar-refractivity contribution is 0.0950. The van der Waals surface area contributed by atoms with E-state index in [9.17, 15) is 4.79 Å². The zero-order chi connectivity index (χ0) is 13.8. The number of benzene rings is 1. The highest BCUT2D eigenvalue weighted by Gasteiger charge is 2.12. The molecule has 2 aromatic rings. The minimum Gasteiger partial charge on any atom is -0.346 e. The molecule has 100 valence electrons. The summed E-state index contributed by atoms with van der Waals surface area (Å²) in [7, 11) is 0. The number of amides is 1. The molecule has 0 aliphatic heterocycles. The number of hydrogen-bond donors (Lipinski definition) is 1. The Balaban J connectivity index is 2.08. The van der Waals surface area contributed by atoms with Gasteiger partial charge in [-0.15, -0.1) is 0 Å². The molecule has 6 heteroatoms. The van der Waals surface area contributed by atoms with Crippen LogP contribution in [-0.4, -0.2) is 15.7 Å². The molecule has 0 bridgehead atoms. The van der Waals surface area contributed by atoms with Crippen molar-refractivity contribution in [1.29, 1.82) is 0 Å². The normalized spacial score (nSPS) is 10.5. The predicted molar refractivity (Wildman–Crippen MR) is 75.5 cm³/mol. The van der Waals surface area contributed by atoms with E-state index in [1.54, 1.807) is 24.4 Å². The largest absolute Gasteiger partial charge is 0.346 e. The first-order chi connectivity index (χ1) is 9.13. The van der Waals surface area contributed by atoms with Gasteiger partial charge in [-0.25, -0.2) is 0 Å². The lowest BCUT2D eigenvalue weighted by Gasteiger charge is -2.08. The number of nitrogens with zero attached hydrogens (tertiary/aromatic N) is 2. The van der Waals surface area contributed by atoms with E-state index in [1.165, 1.54) is 0 Å². The zero-order valence-corrected chi connectivity index (χ0v) is 11.9. The minimum absolute atomic E-state index is 0.253. The molecule has 1 heterocycles. The molecule has 0 aliphatic carbocycles. The lowest BCUT2D eigenvalue weighted by atomic mass is 10.2. The first-order valence-electron chi connectivity index (χ1n) is 5.86. The van der Waals surface area contributed by atoms with Crippen molar-refractivity contribution in [2.45, 2.75) is 20.0 Å². The first kappa shape index (κ1) is 13.9. The van der Waals surface area contributed by atoms with Crippen LogP contribution in [0.25, 0.3) is 0 Å². The number of aryl methyl sites for hydroxylation is 1. The maximum atomic E-state index is 12.0. The monoisotopic (exact) mass is 297 g/mol. The van der Waals surface area contributed by atoms with E-state index >= 15 is 0 Å². The molecule has 0 saturated heterocycles. The molecule has 0 spiro atoms. The van der Waals surface area contributed by atoms with Gasteiger partial charge in [-0.1, -0.05) is 29.3 Å². The second-order valence-electron chi connectivity index (χ2n) is 3.92. The number of halogens is 2. The fourth-order valence-corrected chi connectivity index (χ4v) is 2.13. The zero-order valence-electron chi connectivity index (χ0n) is 10.4. The molecule has 19 heavy (non-hydrogen) atoms. The Labute approximate surface area is 121 Å². The van der Waals surface area contributed by atoms with E-state index < -0.39 is 0 Å². The van der Waals surface area contributed by atoms with Gasteiger partial charge < -0.3 is 5.32 Å². The molecule has 1 amide bonds. The van der Waals surface area contributed by atoms with Crippen LogP contribution >= 0.6 is 23.2 Å². The van der Waals surface area contributed by atoms with Crippen molar-refractivity contribution >= 4 is 29.1 Å². The quantitative estimate of drug-likeness (QED) is 0.942. The molecule has 0 fully saturated rings. The number of rotatable bonds is 4. The maximum Gasteiger partial charge on any atom is 0.253 e. The van der Waals surface area contributed by atoms with Gasteiger partial charge in [0.15, 0.2) is 0 Å². The molecule has 0 unspecified atom stereocenters. The molecule has 1 aromatic carbocycles. The summed E-state index contributed by atoms with van der Waals surface area (Å²) in [5, 5.41) is 7.57. The number of carbonyl (C=O) groups is 1. The molecule has 0 saturated carbocycles. The molecular formula is C13H13Cl2N3O. The number of carbonyl (C=O) groups excluding carboxylic acids is 1. The maximum absolute atomic E-state index is 12.0. The molecule has 4 nitrogen and oxygen atoms in total. The third kappa shape index (κ3) is 3.08. The van der Waals surface area contributed by atoms with Crippen LogP contribution < -0.4 is 5.32 Å². The highest BCUT2D eigenvalue weighted by Crippen LogP contribution is 2.25. The van der Waals surface area contributed by atoms with Crippen LogP contribution in [0.5, 0.6) is 0 Å². The van der Waals surface area contributed by atoms with Crippen molar-refractivity contribution in [1.82, 2.24) is 15.1 Å². The van der Waals surface area contributed by atoms with Gasteiger partial charge >= 0.3 is 0 Å². The molecule has 0 aliphatic rings. The van der Waals surface area contributed by atoms with Crippen LogP contribution in [0.2, 0.25) is 10.0 Å². The van der Waals surface area contributed by atoms with Crippen LogP contribution in [0.1, 0.15) is 23.0 Å². The number of hydrogen-bond acceptors (Lipinski definition) is 2. The summed E-state index contributed by atoms with van der Waals surface area (Å²) in [5.41, 5.74) is 1.31. The summed E-state index contributed by atoms with van der Waals surface area (Å²) in [6.07, 6.45) is 1.71. The minimum atomic E-state index is -0.253. The van der Waals surface area contributed by atoms with Gasteiger partial charge in [0.05, 0.1) is 27.8 Å². The van der Waals surface area contributed by atoms with Gasteiger partial charge in [-0.2, -0.15) is 5.10 Å². The van der Waals surface area contributed by atoms with Crippen molar-refractivity contribution in [2.75, 3.05) is 0 Å². The Morgan fingerprint density at radius 2 is 2.16 bits per heavy atom. The average Bonchev–Trinajstić information content (AvgIpc) is 2.86.